The molecule has 0 amide bonds. The van der Waals surface area contributed by atoms with Crippen molar-refractivity contribution >= 4 is 5.78 Å². The lowest BCUT2D eigenvalue weighted by Crippen LogP contribution is -2.48. The van der Waals surface area contributed by atoms with E-state index in [1.54, 1.807) is 17.1 Å². The number of Topliss-reactive ketones (excluding diaryl/α,β-unsaturated/α-hetero) is 1. The van der Waals surface area contributed by atoms with E-state index in [9.17, 15) is 4.79 Å². The van der Waals surface area contributed by atoms with E-state index >= 15 is 0 Å². The largest absolute Gasteiger partial charge is 0.298 e. The van der Waals surface area contributed by atoms with E-state index in [-0.39, 0.29) is 5.78 Å². The molecule has 0 saturated heterocycles. The first-order chi connectivity index (χ1) is 14.5. The normalized spacial score (nSPS) is 42.6. The molecule has 4 saturated carbocycles. The summed E-state index contributed by atoms with van der Waals surface area (Å²) in [6.07, 6.45) is 16.5. The van der Waals surface area contributed by atoms with Gasteiger partial charge >= 0.3 is 0 Å². The molecule has 1 heterocycles. The average Bonchev–Trinajstić information content (AvgIpc) is 3.31. The maximum absolute atomic E-state index is 12.8. The SMILES string of the molecule is C[C@H]1CC[C@@H]2C3CC[C@@]4(C)C(CC[C@@H]4CC(=O)Cn4cc(C#N)cn4)[C@@H]3CC[C@@H]2C1. The molecule has 4 fully saturated rings. The molecule has 0 radical (unpaired) electrons. The number of hydrogen-bond acceptors (Lipinski definition) is 3. The third kappa shape index (κ3) is 3.43. The zero-order valence-electron chi connectivity index (χ0n) is 18.7. The van der Waals surface area contributed by atoms with Crippen molar-refractivity contribution in [3.63, 3.8) is 0 Å². The van der Waals surface area contributed by atoms with Gasteiger partial charge in [-0.2, -0.15) is 10.4 Å². The molecule has 0 spiro atoms. The fourth-order valence-corrected chi connectivity index (χ4v) is 8.56. The predicted octanol–water partition coefficient (Wildman–Crippen LogP) is 5.62. The smallest absolute Gasteiger partial charge is 0.154 e. The second kappa shape index (κ2) is 7.81. The minimum atomic E-state index is 0.279. The van der Waals surface area contributed by atoms with E-state index in [0.29, 0.717) is 29.9 Å². The number of hydrogen-bond donors (Lipinski definition) is 0. The zero-order chi connectivity index (χ0) is 20.9. The quantitative estimate of drug-likeness (QED) is 0.651. The molecule has 0 bridgehead atoms. The van der Waals surface area contributed by atoms with Crippen molar-refractivity contribution in [2.24, 2.45) is 46.8 Å². The lowest BCUT2D eigenvalue weighted by Gasteiger charge is -2.56. The molecule has 4 nitrogen and oxygen atoms in total. The van der Waals surface area contributed by atoms with Gasteiger partial charge in [0.05, 0.1) is 18.3 Å². The summed E-state index contributed by atoms with van der Waals surface area (Å²) < 4.78 is 1.64. The monoisotopic (exact) mass is 407 g/mol. The highest BCUT2D eigenvalue weighted by Gasteiger charge is 2.56. The van der Waals surface area contributed by atoms with Gasteiger partial charge in [0, 0.05) is 12.6 Å². The molecule has 8 atom stereocenters. The van der Waals surface area contributed by atoms with Gasteiger partial charge in [-0.25, -0.2) is 0 Å². The van der Waals surface area contributed by atoms with Crippen molar-refractivity contribution in [2.75, 3.05) is 0 Å². The van der Waals surface area contributed by atoms with Crippen molar-refractivity contribution in [1.29, 1.82) is 5.26 Å². The van der Waals surface area contributed by atoms with Gasteiger partial charge in [-0.1, -0.05) is 20.3 Å². The Labute approximate surface area is 181 Å². The highest BCUT2D eigenvalue weighted by atomic mass is 16.1. The minimum Gasteiger partial charge on any atom is -0.298 e. The fraction of sp³-hybridized carbons (Fsp3) is 0.808. The second-order valence-electron chi connectivity index (χ2n) is 11.5. The number of rotatable bonds is 4. The van der Waals surface area contributed by atoms with Crippen LogP contribution in [0.4, 0.5) is 0 Å². The van der Waals surface area contributed by atoms with Crippen molar-refractivity contribution in [1.82, 2.24) is 9.78 Å². The van der Waals surface area contributed by atoms with Crippen LogP contribution in [0.25, 0.3) is 0 Å². The molecule has 0 N–H and O–H groups in total. The first-order valence-corrected chi connectivity index (χ1v) is 12.4. The van der Waals surface area contributed by atoms with Crippen LogP contribution in [0.1, 0.15) is 83.6 Å². The van der Waals surface area contributed by atoms with Crippen LogP contribution in [-0.2, 0) is 11.3 Å². The number of aromatic nitrogens is 2. The Morgan fingerprint density at radius 3 is 2.80 bits per heavy atom. The number of carbonyl (C=O) groups is 1. The van der Waals surface area contributed by atoms with E-state index in [1.807, 2.05) is 0 Å². The molecule has 0 aliphatic heterocycles. The minimum absolute atomic E-state index is 0.279. The maximum Gasteiger partial charge on any atom is 0.154 e. The summed E-state index contributed by atoms with van der Waals surface area (Å²) in [4.78, 5) is 12.8. The summed E-state index contributed by atoms with van der Waals surface area (Å²) >= 11 is 0. The number of fused-ring (bicyclic) bond motifs is 5. The Morgan fingerprint density at radius 2 is 2.00 bits per heavy atom. The van der Waals surface area contributed by atoms with Gasteiger partial charge in [0.1, 0.15) is 6.07 Å². The van der Waals surface area contributed by atoms with Gasteiger partial charge in [0.2, 0.25) is 0 Å². The molecule has 2 unspecified atom stereocenters. The van der Waals surface area contributed by atoms with Crippen molar-refractivity contribution in [2.45, 2.75) is 84.6 Å². The Bertz CT molecular complexity index is 838. The Balaban J connectivity index is 1.25. The third-order valence-corrected chi connectivity index (χ3v) is 9.99. The summed E-state index contributed by atoms with van der Waals surface area (Å²) in [6, 6.07) is 2.09. The van der Waals surface area contributed by atoms with Crippen LogP contribution in [-0.4, -0.2) is 15.6 Å². The van der Waals surface area contributed by atoms with Crippen LogP contribution in [0.15, 0.2) is 12.4 Å². The predicted molar refractivity (Wildman–Crippen MR) is 116 cm³/mol. The van der Waals surface area contributed by atoms with Crippen molar-refractivity contribution < 1.29 is 4.79 Å². The van der Waals surface area contributed by atoms with Gasteiger partial charge < -0.3 is 0 Å². The van der Waals surface area contributed by atoms with Gasteiger partial charge in [0.15, 0.2) is 5.78 Å². The van der Waals surface area contributed by atoms with E-state index in [4.69, 9.17) is 5.26 Å². The molecule has 1 aromatic heterocycles. The Morgan fingerprint density at radius 1 is 1.17 bits per heavy atom. The highest BCUT2D eigenvalue weighted by Crippen LogP contribution is 2.64. The van der Waals surface area contributed by atoms with Crippen LogP contribution >= 0.6 is 0 Å². The number of nitrogens with zero attached hydrogens (tertiary/aromatic N) is 3. The van der Waals surface area contributed by atoms with Crippen LogP contribution in [0, 0.1) is 58.2 Å². The molecule has 4 aliphatic rings. The summed E-state index contributed by atoms with van der Waals surface area (Å²) in [5.74, 6) is 6.49. The van der Waals surface area contributed by atoms with E-state index in [2.05, 4.69) is 25.0 Å². The van der Waals surface area contributed by atoms with E-state index in [1.165, 1.54) is 57.8 Å². The Hall–Kier alpha value is -1.63. The first-order valence-electron chi connectivity index (χ1n) is 12.4. The molecule has 4 heteroatoms. The van der Waals surface area contributed by atoms with E-state index in [0.717, 1.165) is 35.5 Å². The molecular weight excluding hydrogens is 370 g/mol. The van der Waals surface area contributed by atoms with Crippen LogP contribution in [0.3, 0.4) is 0 Å². The molecule has 4 aliphatic carbocycles. The Kier molecular flexibility index (Phi) is 5.28. The van der Waals surface area contributed by atoms with Gasteiger partial charge in [-0.3, -0.25) is 9.48 Å². The molecule has 5 rings (SSSR count). The number of nitriles is 1. The molecule has 1 aromatic rings. The third-order valence-electron chi connectivity index (χ3n) is 9.99. The van der Waals surface area contributed by atoms with Crippen LogP contribution in [0.2, 0.25) is 0 Å². The summed E-state index contributed by atoms with van der Waals surface area (Å²) in [6.45, 7) is 5.30. The summed E-state index contributed by atoms with van der Waals surface area (Å²) in [5, 5.41) is 13.1. The van der Waals surface area contributed by atoms with Crippen LogP contribution in [0.5, 0.6) is 0 Å². The molecule has 0 aromatic carbocycles. The molecule has 30 heavy (non-hydrogen) atoms. The van der Waals surface area contributed by atoms with Crippen molar-refractivity contribution in [3.8, 4) is 6.07 Å². The molecular formula is C26H37N3O. The van der Waals surface area contributed by atoms with Crippen molar-refractivity contribution in [3.05, 3.63) is 18.0 Å². The lowest BCUT2D eigenvalue weighted by atomic mass is 9.49. The number of ketones is 1. The first kappa shape index (κ1) is 20.3. The van der Waals surface area contributed by atoms with Crippen LogP contribution < -0.4 is 0 Å². The zero-order valence-corrected chi connectivity index (χ0v) is 18.7. The molecule has 162 valence electrons. The lowest BCUT2D eigenvalue weighted by molar-refractivity contribution is -0.123. The maximum atomic E-state index is 12.8. The van der Waals surface area contributed by atoms with E-state index < -0.39 is 0 Å². The van der Waals surface area contributed by atoms with Gasteiger partial charge in [0.25, 0.3) is 0 Å². The second-order valence-corrected chi connectivity index (χ2v) is 11.5. The number of carbonyl (C=O) groups excluding carboxylic acids is 1. The summed E-state index contributed by atoms with van der Waals surface area (Å²) in [5.41, 5.74) is 0.884. The highest BCUT2D eigenvalue weighted by molar-refractivity contribution is 5.78. The fourth-order valence-electron chi connectivity index (χ4n) is 8.56. The summed E-state index contributed by atoms with van der Waals surface area (Å²) in [7, 11) is 0. The standard InChI is InChI=1S/C26H37N3O/c1-17-3-6-22-19(11-17)4-7-24-23(22)9-10-26(2)20(5-8-25(24)26)12-21(30)16-29-15-18(13-27)14-28-29/h14-15,17,19-20,22-25H,3-12,16H2,1-2H3/t17-,19+,20+,22-,23?,24+,25?,26+/m0/s1. The van der Waals surface area contributed by atoms with Gasteiger partial charge in [-0.15, -0.1) is 0 Å². The van der Waals surface area contributed by atoms with Gasteiger partial charge in [-0.05, 0) is 98.2 Å². The average molecular weight is 408 g/mol. The topological polar surface area (TPSA) is 58.7 Å².